The number of carbonyl (C=O) groups excluding carboxylic acids is 3. The molecular formula is C50H40F3N13O6S2. The van der Waals surface area contributed by atoms with E-state index in [0.717, 1.165) is 40.0 Å². The van der Waals surface area contributed by atoms with Gasteiger partial charge in [0, 0.05) is 93.3 Å². The number of hydrogen-bond acceptors (Lipinski definition) is 17. The van der Waals surface area contributed by atoms with Gasteiger partial charge < -0.3 is 31.1 Å². The van der Waals surface area contributed by atoms with Crippen molar-refractivity contribution in [2.24, 2.45) is 4.99 Å². The fourth-order valence-electron chi connectivity index (χ4n) is 6.64. The second-order valence-corrected chi connectivity index (χ2v) is 18.1. The molecule has 0 saturated heterocycles. The molecule has 9 aromatic rings. The molecular weight excluding hydrogens is 1000 g/mol. The van der Waals surface area contributed by atoms with Crippen molar-refractivity contribution in [1.82, 2.24) is 38.5 Å². The average Bonchev–Trinajstić information content (AvgIpc) is 4.23. The van der Waals surface area contributed by atoms with Crippen LogP contribution >= 0.6 is 23.1 Å². The molecule has 19 nitrogen and oxygen atoms in total. The summed E-state index contributed by atoms with van der Waals surface area (Å²) in [5.41, 5.74) is 7.96. The minimum Gasteiger partial charge on any atom is -0.475 e. The number of nitrogens with zero attached hydrogens (tertiary/aromatic N) is 9. The lowest BCUT2D eigenvalue weighted by atomic mass is 10.1. The van der Waals surface area contributed by atoms with Crippen LogP contribution in [0, 0.1) is 0 Å². The number of halogens is 3. The number of nitrogens with one attached hydrogen (secondary N) is 4. The molecule has 5 N–H and O–H groups in total. The molecule has 2 amide bonds. The number of amides is 2. The second kappa shape index (κ2) is 22.4. The lowest BCUT2D eigenvalue weighted by Gasteiger charge is -2.19. The monoisotopic (exact) mass is 1040 g/mol. The van der Waals surface area contributed by atoms with Crippen LogP contribution < -0.4 is 21.3 Å². The maximum absolute atomic E-state index is 12.4. The van der Waals surface area contributed by atoms with Crippen molar-refractivity contribution in [3.05, 3.63) is 162 Å². The molecule has 74 heavy (non-hydrogen) atoms. The van der Waals surface area contributed by atoms with Gasteiger partial charge >= 0.3 is 18.2 Å². The van der Waals surface area contributed by atoms with Crippen molar-refractivity contribution < 1.29 is 42.2 Å². The van der Waals surface area contributed by atoms with Gasteiger partial charge in [-0.3, -0.25) is 24.5 Å². The van der Waals surface area contributed by atoms with E-state index in [1.54, 1.807) is 55.0 Å². The largest absolute Gasteiger partial charge is 0.490 e. The van der Waals surface area contributed by atoms with Crippen LogP contribution in [0.1, 0.15) is 52.6 Å². The number of aromatic nitrogens is 8. The van der Waals surface area contributed by atoms with Gasteiger partial charge in [-0.2, -0.15) is 41.7 Å². The first kappa shape index (κ1) is 51.1. The Morgan fingerprint density at radius 2 is 1.20 bits per heavy atom. The maximum Gasteiger partial charge on any atom is 0.490 e. The van der Waals surface area contributed by atoms with Crippen LogP contribution in [0.25, 0.3) is 33.7 Å². The Bertz CT molecular complexity index is 3510. The highest BCUT2D eigenvalue weighted by molar-refractivity contribution is 7.10. The zero-order valence-corrected chi connectivity index (χ0v) is 40.7. The molecule has 1 aliphatic heterocycles. The van der Waals surface area contributed by atoms with Crippen LogP contribution in [0.15, 0.2) is 145 Å². The molecule has 0 unspecified atom stereocenters. The Hall–Kier alpha value is -9.29. The molecule has 0 bridgehead atoms. The van der Waals surface area contributed by atoms with Gasteiger partial charge in [-0.1, -0.05) is 30.3 Å². The molecule has 0 radical (unpaired) electrons. The van der Waals surface area contributed by atoms with E-state index in [0.29, 0.717) is 49.9 Å². The molecule has 1 aliphatic rings. The summed E-state index contributed by atoms with van der Waals surface area (Å²) in [5, 5.41) is 25.7. The van der Waals surface area contributed by atoms with Gasteiger partial charge in [0.05, 0.1) is 29.4 Å². The Morgan fingerprint density at radius 1 is 0.662 bits per heavy atom. The number of fused-ring (bicyclic) bond motifs is 2. The zero-order chi connectivity index (χ0) is 52.4. The van der Waals surface area contributed by atoms with Crippen LogP contribution in [0.4, 0.5) is 51.0 Å². The first-order chi connectivity index (χ1) is 35.4. The molecule has 24 heteroatoms. The van der Waals surface area contributed by atoms with Crippen molar-refractivity contribution in [1.29, 1.82) is 0 Å². The Labute approximate surface area is 426 Å². The Morgan fingerprint density at radius 3 is 1.72 bits per heavy atom. The summed E-state index contributed by atoms with van der Waals surface area (Å²) in [6.45, 7) is 6.17. The second-order valence-electron chi connectivity index (χ2n) is 16.6. The van der Waals surface area contributed by atoms with E-state index < -0.39 is 23.8 Å². The van der Waals surface area contributed by atoms with Crippen LogP contribution in [-0.2, 0) is 16.1 Å². The maximum atomic E-state index is 12.4. The third-order valence-electron chi connectivity index (χ3n) is 9.97. The first-order valence-electron chi connectivity index (χ1n) is 21.9. The van der Waals surface area contributed by atoms with Crippen molar-refractivity contribution in [3.8, 4) is 22.8 Å². The van der Waals surface area contributed by atoms with Gasteiger partial charge in [0.1, 0.15) is 5.60 Å². The average molecular weight is 1040 g/mol. The SMILES string of the molecule is CC(C)(C)OC(=O)n1ncc2cc(Nc3nc(-c4cccc(NC(=O)c5cccnc5)c4)ns3)ccc21.O=C(Nc1cccc(-c2nsc(Nc3ccc4c(c3)C=NC4)n2)c1)c1cccnc1.O=C(O)C(F)(F)F. The Balaban J connectivity index is 0.000000177. The van der Waals surface area contributed by atoms with E-state index >= 15 is 0 Å². The number of hydrogen-bond donors (Lipinski definition) is 5. The minimum atomic E-state index is -5.08. The molecule has 0 saturated carbocycles. The summed E-state index contributed by atoms with van der Waals surface area (Å²) in [7, 11) is 0. The van der Waals surface area contributed by atoms with Gasteiger partial charge in [-0.05, 0) is 111 Å². The normalized spacial score (nSPS) is 11.5. The van der Waals surface area contributed by atoms with Gasteiger partial charge in [0.15, 0.2) is 11.6 Å². The molecule has 0 fully saturated rings. The van der Waals surface area contributed by atoms with Gasteiger partial charge in [0.2, 0.25) is 10.3 Å². The van der Waals surface area contributed by atoms with E-state index in [2.05, 4.69) is 72.2 Å². The number of aliphatic carboxylic acids is 1. The molecule has 6 heterocycles. The highest BCUT2D eigenvalue weighted by atomic mass is 32.1. The summed E-state index contributed by atoms with van der Waals surface area (Å²) in [5.74, 6) is -2.09. The lowest BCUT2D eigenvalue weighted by Crippen LogP contribution is -2.27. The topological polar surface area (TPSA) is 253 Å². The van der Waals surface area contributed by atoms with E-state index in [1.165, 1.54) is 45.7 Å². The van der Waals surface area contributed by atoms with Gasteiger partial charge in [0.25, 0.3) is 11.8 Å². The third-order valence-corrected chi connectivity index (χ3v) is 11.2. The summed E-state index contributed by atoms with van der Waals surface area (Å²) >= 11 is 2.50. The fraction of sp³-hybridized carbons (Fsp3) is 0.120. The number of ether oxygens (including phenoxy) is 1. The predicted octanol–water partition coefficient (Wildman–Crippen LogP) is 10.9. The van der Waals surface area contributed by atoms with Crippen molar-refractivity contribution in [2.45, 2.75) is 39.1 Å². The van der Waals surface area contributed by atoms with E-state index in [-0.39, 0.29) is 11.8 Å². The molecule has 10 rings (SSSR count). The molecule has 0 aliphatic carbocycles. The summed E-state index contributed by atoms with van der Waals surface area (Å²) in [6, 6.07) is 33.3. The zero-order valence-electron chi connectivity index (χ0n) is 39.0. The molecule has 374 valence electrons. The molecule has 5 aromatic heterocycles. The quantitative estimate of drug-likeness (QED) is 0.0854. The number of pyridine rings is 2. The van der Waals surface area contributed by atoms with Crippen LogP contribution in [0.2, 0.25) is 0 Å². The van der Waals surface area contributed by atoms with Gasteiger partial charge in [-0.25, -0.2) is 9.59 Å². The smallest absolute Gasteiger partial charge is 0.475 e. The number of rotatable bonds is 10. The number of benzene rings is 4. The number of carbonyl (C=O) groups is 4. The summed E-state index contributed by atoms with van der Waals surface area (Å²) in [6.07, 6.45) is 4.18. The van der Waals surface area contributed by atoms with Crippen LogP contribution in [-0.4, -0.2) is 85.4 Å². The number of carboxylic acid groups (broad SMARTS) is 1. The fourth-order valence-corrected chi connectivity index (χ4v) is 7.86. The van der Waals surface area contributed by atoms with Crippen molar-refractivity contribution >= 4 is 97.1 Å². The van der Waals surface area contributed by atoms with E-state index in [4.69, 9.17) is 14.6 Å². The molecule has 0 spiro atoms. The van der Waals surface area contributed by atoms with Crippen LogP contribution in [0.5, 0.6) is 0 Å². The summed E-state index contributed by atoms with van der Waals surface area (Å²) in [4.78, 5) is 67.5. The highest BCUT2D eigenvalue weighted by Crippen LogP contribution is 2.30. The third kappa shape index (κ3) is 13.6. The summed E-state index contributed by atoms with van der Waals surface area (Å²) < 4.78 is 47.3. The molecule has 4 aromatic carbocycles. The van der Waals surface area contributed by atoms with E-state index in [1.807, 2.05) is 87.6 Å². The number of aliphatic imine (C=N–C) groups is 1. The Kier molecular flexibility index (Phi) is 15.5. The minimum absolute atomic E-state index is 0.214. The molecule has 0 atom stereocenters. The van der Waals surface area contributed by atoms with Gasteiger partial charge in [-0.15, -0.1) is 0 Å². The first-order valence-corrected chi connectivity index (χ1v) is 23.5. The number of carboxylic acids is 1. The van der Waals surface area contributed by atoms with Crippen molar-refractivity contribution in [2.75, 3.05) is 21.3 Å². The van der Waals surface area contributed by atoms with Crippen LogP contribution in [0.3, 0.4) is 0 Å². The standard InChI is InChI=1S/C26H23N7O3S.C22H16N6OS.C2HF3O2/c1-26(2,3)36-25(35)33-21-10-9-20(13-18(21)15-28-33)30-24-31-22(32-37-24)16-6-4-8-19(12-16)29-23(34)17-7-5-11-27-14-17;29-21(16-4-2-8-23-12-16)25-18-5-1-3-14(9-18)20-27-22(30-28-20)26-19-7-6-15-11-24-13-17(15)10-19;3-2(4,5)1(6)7/h4-15H,1-3H3,(H,29,34)(H,30,31,32);1-10,12-13H,11H2,(H,25,29)(H,26,27,28);(H,6,7). The number of alkyl halides is 3. The predicted molar refractivity (Wildman–Crippen MR) is 274 cm³/mol. The number of anilines is 6. The van der Waals surface area contributed by atoms with E-state index in [9.17, 15) is 27.6 Å². The van der Waals surface area contributed by atoms with Crippen molar-refractivity contribution in [3.63, 3.8) is 0 Å². The lowest BCUT2D eigenvalue weighted by molar-refractivity contribution is -0.192. The highest BCUT2D eigenvalue weighted by Gasteiger charge is 2.38.